The van der Waals surface area contributed by atoms with E-state index in [1.165, 1.54) is 0 Å². The molecule has 4 rings (SSSR count). The van der Waals surface area contributed by atoms with Gasteiger partial charge in [0.05, 0.1) is 13.2 Å². The van der Waals surface area contributed by atoms with E-state index in [9.17, 15) is 9.59 Å². The summed E-state index contributed by atoms with van der Waals surface area (Å²) in [4.78, 5) is 30.0. The van der Waals surface area contributed by atoms with Crippen LogP contribution in [0, 0.1) is 0 Å². The van der Waals surface area contributed by atoms with Crippen molar-refractivity contribution < 1.29 is 23.8 Å². The normalized spacial score (nSPS) is 20.2. The number of carbonyl (C=O) groups excluding carboxylic acids is 2. The van der Waals surface area contributed by atoms with Crippen molar-refractivity contribution >= 4 is 17.6 Å². The van der Waals surface area contributed by atoms with Crippen LogP contribution in [-0.4, -0.2) is 80.9 Å². The molecule has 0 unspecified atom stereocenters. The molecule has 0 saturated carbocycles. The van der Waals surface area contributed by atoms with Crippen LogP contribution in [0.3, 0.4) is 0 Å². The summed E-state index contributed by atoms with van der Waals surface area (Å²) in [7, 11) is 0. The lowest BCUT2D eigenvalue weighted by Crippen LogP contribution is -2.46. The van der Waals surface area contributed by atoms with E-state index < -0.39 is 0 Å². The van der Waals surface area contributed by atoms with Crippen molar-refractivity contribution in [3.63, 3.8) is 0 Å². The van der Waals surface area contributed by atoms with Crippen LogP contribution in [0.1, 0.15) is 0 Å². The topological polar surface area (TPSA) is 71.6 Å². The highest BCUT2D eigenvalue weighted by atomic mass is 16.6. The van der Waals surface area contributed by atoms with Crippen LogP contribution in [-0.2, 0) is 9.53 Å². The number of hydrogen-bond donors (Lipinski definition) is 0. The fraction of sp³-hybridized carbons (Fsp3) is 0.529. The van der Waals surface area contributed by atoms with Crippen molar-refractivity contribution in [2.45, 2.75) is 0 Å². The van der Waals surface area contributed by atoms with Gasteiger partial charge in [-0.25, -0.2) is 4.79 Å². The van der Waals surface area contributed by atoms with Crippen LogP contribution in [0.25, 0.3) is 0 Å². The fourth-order valence-corrected chi connectivity index (χ4v) is 3.24. The van der Waals surface area contributed by atoms with Gasteiger partial charge >= 0.3 is 6.03 Å². The molecule has 1 aromatic carbocycles. The van der Waals surface area contributed by atoms with Crippen molar-refractivity contribution in [1.82, 2.24) is 9.80 Å². The van der Waals surface area contributed by atoms with E-state index in [0.29, 0.717) is 64.1 Å². The summed E-state index contributed by atoms with van der Waals surface area (Å²) in [6.07, 6.45) is 0. The van der Waals surface area contributed by atoms with E-state index in [0.717, 1.165) is 5.69 Å². The lowest BCUT2D eigenvalue weighted by molar-refractivity contribution is -0.135. The van der Waals surface area contributed by atoms with Gasteiger partial charge in [-0.15, -0.1) is 0 Å². The van der Waals surface area contributed by atoms with Crippen LogP contribution in [0.2, 0.25) is 0 Å². The second-order valence-corrected chi connectivity index (χ2v) is 6.18. The molecule has 134 valence electrons. The van der Waals surface area contributed by atoms with Crippen LogP contribution >= 0.6 is 0 Å². The number of ether oxygens (including phenoxy) is 3. The number of carbonyl (C=O) groups is 2. The van der Waals surface area contributed by atoms with Crippen molar-refractivity contribution in [2.75, 3.05) is 64.1 Å². The molecule has 8 nitrogen and oxygen atoms in total. The molecule has 0 N–H and O–H groups in total. The predicted octanol–water partition coefficient (Wildman–Crippen LogP) is 0.559. The van der Waals surface area contributed by atoms with Crippen LogP contribution < -0.4 is 14.4 Å². The zero-order valence-corrected chi connectivity index (χ0v) is 14.0. The molecule has 1 aromatic rings. The Balaban J connectivity index is 1.42. The van der Waals surface area contributed by atoms with Gasteiger partial charge in [0.1, 0.15) is 19.8 Å². The maximum absolute atomic E-state index is 12.7. The summed E-state index contributed by atoms with van der Waals surface area (Å²) in [6.45, 7) is 4.53. The average molecular weight is 347 g/mol. The molecule has 2 fully saturated rings. The molecular formula is C17H21N3O5. The largest absolute Gasteiger partial charge is 0.486 e. The van der Waals surface area contributed by atoms with Crippen LogP contribution in [0.5, 0.6) is 11.5 Å². The number of urea groups is 1. The number of nitrogens with zero attached hydrogens (tertiary/aromatic N) is 3. The molecule has 8 heteroatoms. The highest BCUT2D eigenvalue weighted by Crippen LogP contribution is 2.34. The zero-order valence-electron chi connectivity index (χ0n) is 14.0. The van der Waals surface area contributed by atoms with Gasteiger partial charge in [0.15, 0.2) is 11.5 Å². The molecule has 0 atom stereocenters. The molecule has 3 aliphatic heterocycles. The average Bonchev–Trinajstić information content (AvgIpc) is 3.02. The van der Waals surface area contributed by atoms with Gasteiger partial charge in [-0.2, -0.15) is 0 Å². The summed E-state index contributed by atoms with van der Waals surface area (Å²) in [5.41, 5.74) is 0.760. The molecule has 3 heterocycles. The number of fused-ring (bicyclic) bond motifs is 1. The molecule has 0 aromatic heterocycles. The maximum Gasteiger partial charge on any atom is 0.325 e. The number of morpholine rings is 1. The summed E-state index contributed by atoms with van der Waals surface area (Å²) in [5.74, 6) is 1.32. The van der Waals surface area contributed by atoms with E-state index in [1.807, 2.05) is 18.2 Å². The first-order valence-corrected chi connectivity index (χ1v) is 8.54. The van der Waals surface area contributed by atoms with Gasteiger partial charge in [-0.1, -0.05) is 0 Å². The first-order valence-electron chi connectivity index (χ1n) is 8.54. The Bertz CT molecular complexity index is 674. The lowest BCUT2D eigenvalue weighted by atomic mass is 10.2. The Hall–Kier alpha value is -2.48. The lowest BCUT2D eigenvalue weighted by Gasteiger charge is -2.28. The molecule has 3 aliphatic rings. The highest BCUT2D eigenvalue weighted by Gasteiger charge is 2.32. The third kappa shape index (κ3) is 3.21. The Labute approximate surface area is 145 Å². The van der Waals surface area contributed by atoms with Crippen molar-refractivity contribution in [3.05, 3.63) is 18.2 Å². The Kier molecular flexibility index (Phi) is 4.35. The number of anilines is 1. The fourth-order valence-electron chi connectivity index (χ4n) is 3.24. The summed E-state index contributed by atoms with van der Waals surface area (Å²) in [6, 6.07) is 5.33. The van der Waals surface area contributed by atoms with E-state index >= 15 is 0 Å². The zero-order chi connectivity index (χ0) is 17.2. The number of amides is 3. The Morgan fingerprint density at radius 1 is 0.960 bits per heavy atom. The van der Waals surface area contributed by atoms with Crippen LogP contribution in [0.4, 0.5) is 10.5 Å². The molecule has 0 radical (unpaired) electrons. The SMILES string of the molecule is O=C(CN1CCN(c2ccc3c(c2)OCCO3)C1=O)N1CCOCC1. The molecular weight excluding hydrogens is 326 g/mol. The van der Waals surface area contributed by atoms with Gasteiger partial charge in [0, 0.05) is 37.9 Å². The molecule has 25 heavy (non-hydrogen) atoms. The first-order chi connectivity index (χ1) is 12.2. The standard InChI is InChI=1S/C17H21N3O5/c21-16(18-5-7-23-8-6-18)12-19-3-4-20(17(19)22)13-1-2-14-15(11-13)25-10-9-24-14/h1-2,11H,3-10,12H2. The van der Waals surface area contributed by atoms with E-state index in [4.69, 9.17) is 14.2 Å². The second kappa shape index (κ2) is 6.79. The monoisotopic (exact) mass is 347 g/mol. The molecule has 0 aliphatic carbocycles. The van der Waals surface area contributed by atoms with Crippen molar-refractivity contribution in [3.8, 4) is 11.5 Å². The summed E-state index contributed by atoms with van der Waals surface area (Å²) >= 11 is 0. The van der Waals surface area contributed by atoms with Gasteiger partial charge in [0.2, 0.25) is 5.91 Å². The minimum atomic E-state index is -0.154. The summed E-state index contributed by atoms with van der Waals surface area (Å²) in [5, 5.41) is 0. The molecule has 2 saturated heterocycles. The summed E-state index contributed by atoms with van der Waals surface area (Å²) < 4.78 is 16.3. The Morgan fingerprint density at radius 2 is 1.72 bits per heavy atom. The highest BCUT2D eigenvalue weighted by molar-refractivity contribution is 5.96. The van der Waals surface area contributed by atoms with E-state index in [2.05, 4.69) is 0 Å². The van der Waals surface area contributed by atoms with Crippen molar-refractivity contribution in [1.29, 1.82) is 0 Å². The number of benzene rings is 1. The predicted molar refractivity (Wildman–Crippen MR) is 89.1 cm³/mol. The van der Waals surface area contributed by atoms with Gasteiger partial charge < -0.3 is 24.0 Å². The third-order valence-corrected chi connectivity index (χ3v) is 4.62. The molecule has 0 spiro atoms. The third-order valence-electron chi connectivity index (χ3n) is 4.62. The molecule has 3 amide bonds. The number of hydrogen-bond acceptors (Lipinski definition) is 5. The first kappa shape index (κ1) is 16.0. The van der Waals surface area contributed by atoms with Gasteiger partial charge in [0.25, 0.3) is 0 Å². The van der Waals surface area contributed by atoms with E-state index in [-0.39, 0.29) is 18.5 Å². The minimum Gasteiger partial charge on any atom is -0.486 e. The van der Waals surface area contributed by atoms with Gasteiger partial charge in [-0.3, -0.25) is 9.69 Å². The van der Waals surface area contributed by atoms with Crippen LogP contribution in [0.15, 0.2) is 18.2 Å². The number of rotatable bonds is 3. The quantitative estimate of drug-likeness (QED) is 0.799. The van der Waals surface area contributed by atoms with Gasteiger partial charge in [-0.05, 0) is 12.1 Å². The minimum absolute atomic E-state index is 0.0272. The smallest absolute Gasteiger partial charge is 0.325 e. The van der Waals surface area contributed by atoms with E-state index in [1.54, 1.807) is 14.7 Å². The molecule has 0 bridgehead atoms. The second-order valence-electron chi connectivity index (χ2n) is 6.18. The van der Waals surface area contributed by atoms with Crippen molar-refractivity contribution in [2.24, 2.45) is 0 Å². The Morgan fingerprint density at radius 3 is 2.52 bits per heavy atom. The maximum atomic E-state index is 12.7.